The van der Waals surface area contributed by atoms with Crippen molar-refractivity contribution in [2.45, 2.75) is 0 Å². The number of aromatic nitrogens is 3. The molecule has 8 heteroatoms. The Morgan fingerprint density at radius 1 is 1.16 bits per heavy atom. The highest BCUT2D eigenvalue weighted by Crippen LogP contribution is 2.25. The minimum Gasteiger partial charge on any atom is -0.396 e. The average molecular weight is 358 g/mol. The van der Waals surface area contributed by atoms with E-state index < -0.39 is 0 Å². The first-order chi connectivity index (χ1) is 12.1. The Labute approximate surface area is 149 Å². The predicted octanol–water partition coefficient (Wildman–Crippen LogP) is 2.10. The normalized spacial score (nSPS) is 14.8. The average Bonchev–Trinajstić information content (AvgIpc) is 3.07. The number of hydrogen-bond donors (Lipinski definition) is 1. The maximum absolute atomic E-state index is 12.8. The first-order valence-electron chi connectivity index (χ1n) is 7.89. The molecule has 4 heterocycles. The van der Waals surface area contributed by atoms with Crippen molar-refractivity contribution in [3.63, 3.8) is 0 Å². The summed E-state index contributed by atoms with van der Waals surface area (Å²) in [5, 5.41) is 0.274. The topological polar surface area (TPSA) is 85.8 Å². The molecule has 0 atom stereocenters. The van der Waals surface area contributed by atoms with Gasteiger partial charge in [-0.2, -0.15) is 0 Å². The molecule has 0 saturated carbocycles. The van der Waals surface area contributed by atoms with E-state index in [0.717, 1.165) is 11.1 Å². The van der Waals surface area contributed by atoms with Gasteiger partial charge in [0.15, 0.2) is 5.15 Å². The second-order valence-corrected chi connectivity index (χ2v) is 6.16. The second-order valence-electron chi connectivity index (χ2n) is 5.80. The quantitative estimate of drug-likeness (QED) is 0.710. The lowest BCUT2D eigenvalue weighted by atomic mass is 10.1. The Morgan fingerprint density at radius 3 is 2.72 bits per heavy atom. The van der Waals surface area contributed by atoms with Gasteiger partial charge in [-0.15, -0.1) is 0 Å². The molecule has 1 aliphatic rings. The summed E-state index contributed by atoms with van der Waals surface area (Å²) in [7, 11) is 0. The van der Waals surface area contributed by atoms with E-state index in [1.165, 1.54) is 0 Å². The number of imidazole rings is 1. The molecule has 0 radical (unpaired) electrons. The zero-order chi connectivity index (χ0) is 17.4. The van der Waals surface area contributed by atoms with E-state index >= 15 is 0 Å². The van der Waals surface area contributed by atoms with Crippen molar-refractivity contribution in [3.05, 3.63) is 47.6 Å². The van der Waals surface area contributed by atoms with Gasteiger partial charge >= 0.3 is 0 Å². The number of pyridine rings is 2. The standard InChI is InChI=1S/C17H16ClN5O2/c18-16-13(19)7-12(8-21-16)11-1-2-15-20-9-14(23(15)10-11)17(24)22-3-5-25-6-4-22/h1-2,7-10H,3-6,19H2. The molecule has 1 saturated heterocycles. The molecule has 25 heavy (non-hydrogen) atoms. The van der Waals surface area contributed by atoms with Gasteiger partial charge in [0.05, 0.1) is 25.1 Å². The molecule has 0 spiro atoms. The molecule has 0 aliphatic carbocycles. The van der Waals surface area contributed by atoms with Crippen molar-refractivity contribution in [1.29, 1.82) is 0 Å². The second kappa shape index (κ2) is 6.34. The number of amides is 1. The number of anilines is 1. The molecule has 3 aromatic rings. The van der Waals surface area contributed by atoms with Gasteiger partial charge < -0.3 is 15.4 Å². The molecular formula is C17H16ClN5O2. The van der Waals surface area contributed by atoms with Crippen molar-refractivity contribution < 1.29 is 9.53 Å². The van der Waals surface area contributed by atoms with Crippen LogP contribution in [0.25, 0.3) is 16.8 Å². The lowest BCUT2D eigenvalue weighted by Crippen LogP contribution is -2.41. The van der Waals surface area contributed by atoms with Crippen molar-refractivity contribution >= 4 is 28.8 Å². The summed E-state index contributed by atoms with van der Waals surface area (Å²) >= 11 is 5.89. The smallest absolute Gasteiger partial charge is 0.272 e. The van der Waals surface area contributed by atoms with E-state index in [1.54, 1.807) is 27.8 Å². The van der Waals surface area contributed by atoms with E-state index in [4.69, 9.17) is 22.1 Å². The largest absolute Gasteiger partial charge is 0.396 e. The monoisotopic (exact) mass is 357 g/mol. The number of carbonyl (C=O) groups is 1. The Hall–Kier alpha value is -2.64. The number of ether oxygens (including phenoxy) is 1. The van der Waals surface area contributed by atoms with Crippen LogP contribution in [-0.4, -0.2) is 51.5 Å². The number of nitrogens with two attached hydrogens (primary N) is 1. The van der Waals surface area contributed by atoms with Crippen LogP contribution in [0.2, 0.25) is 5.15 Å². The summed E-state index contributed by atoms with van der Waals surface area (Å²) in [6, 6.07) is 5.53. The number of rotatable bonds is 2. The minimum atomic E-state index is -0.0540. The van der Waals surface area contributed by atoms with Crippen LogP contribution in [0, 0.1) is 0 Å². The summed E-state index contributed by atoms with van der Waals surface area (Å²) in [6.45, 7) is 2.29. The van der Waals surface area contributed by atoms with Crippen LogP contribution in [0.15, 0.2) is 36.8 Å². The summed E-state index contributed by atoms with van der Waals surface area (Å²) in [5.74, 6) is -0.0540. The summed E-state index contributed by atoms with van der Waals surface area (Å²) in [6.07, 6.45) is 5.12. The Bertz CT molecular complexity index is 949. The maximum Gasteiger partial charge on any atom is 0.272 e. The van der Waals surface area contributed by atoms with Gasteiger partial charge in [-0.3, -0.25) is 9.20 Å². The number of nitrogen functional groups attached to an aromatic ring is 1. The van der Waals surface area contributed by atoms with E-state index in [0.29, 0.717) is 43.3 Å². The van der Waals surface area contributed by atoms with Gasteiger partial charge in [0.25, 0.3) is 5.91 Å². The van der Waals surface area contributed by atoms with Crippen LogP contribution in [0.5, 0.6) is 0 Å². The highest BCUT2D eigenvalue weighted by molar-refractivity contribution is 6.31. The van der Waals surface area contributed by atoms with E-state index in [9.17, 15) is 4.79 Å². The molecule has 7 nitrogen and oxygen atoms in total. The van der Waals surface area contributed by atoms with Gasteiger partial charge in [-0.05, 0) is 18.2 Å². The Morgan fingerprint density at radius 2 is 1.96 bits per heavy atom. The summed E-state index contributed by atoms with van der Waals surface area (Å²) in [4.78, 5) is 23.0. The number of hydrogen-bond acceptors (Lipinski definition) is 5. The molecule has 0 unspecified atom stereocenters. The van der Waals surface area contributed by atoms with Crippen molar-refractivity contribution in [2.75, 3.05) is 32.0 Å². The van der Waals surface area contributed by atoms with Crippen LogP contribution in [0.1, 0.15) is 10.5 Å². The number of morpholine rings is 1. The fourth-order valence-electron chi connectivity index (χ4n) is 2.86. The van der Waals surface area contributed by atoms with Crippen molar-refractivity contribution in [3.8, 4) is 11.1 Å². The number of halogens is 1. The summed E-state index contributed by atoms with van der Waals surface area (Å²) < 4.78 is 7.10. The first kappa shape index (κ1) is 15.9. The molecule has 0 bridgehead atoms. The van der Waals surface area contributed by atoms with Crippen LogP contribution in [0.3, 0.4) is 0 Å². The Balaban J connectivity index is 1.74. The predicted molar refractivity (Wildman–Crippen MR) is 94.6 cm³/mol. The molecule has 0 aromatic carbocycles. The maximum atomic E-state index is 12.8. The molecule has 2 N–H and O–H groups in total. The zero-order valence-electron chi connectivity index (χ0n) is 13.4. The molecule has 3 aromatic heterocycles. The molecule has 1 amide bonds. The Kier molecular flexibility index (Phi) is 4.03. The van der Waals surface area contributed by atoms with Crippen LogP contribution >= 0.6 is 11.6 Å². The fraction of sp³-hybridized carbons (Fsp3) is 0.235. The van der Waals surface area contributed by atoms with Crippen LogP contribution < -0.4 is 5.73 Å². The van der Waals surface area contributed by atoms with Crippen LogP contribution in [-0.2, 0) is 4.74 Å². The van der Waals surface area contributed by atoms with E-state index in [-0.39, 0.29) is 11.1 Å². The lowest BCUT2D eigenvalue weighted by Gasteiger charge is -2.26. The zero-order valence-corrected chi connectivity index (χ0v) is 14.1. The van der Waals surface area contributed by atoms with E-state index in [2.05, 4.69) is 9.97 Å². The van der Waals surface area contributed by atoms with Gasteiger partial charge in [0, 0.05) is 36.6 Å². The van der Waals surface area contributed by atoms with E-state index in [1.807, 2.05) is 18.3 Å². The van der Waals surface area contributed by atoms with Gasteiger partial charge in [-0.25, -0.2) is 9.97 Å². The highest BCUT2D eigenvalue weighted by atomic mass is 35.5. The third kappa shape index (κ3) is 2.92. The fourth-order valence-corrected chi connectivity index (χ4v) is 2.96. The number of nitrogens with zero attached hydrogens (tertiary/aromatic N) is 4. The minimum absolute atomic E-state index is 0.0540. The van der Waals surface area contributed by atoms with Gasteiger partial charge in [0.2, 0.25) is 0 Å². The molecule has 1 aliphatic heterocycles. The van der Waals surface area contributed by atoms with Crippen molar-refractivity contribution in [1.82, 2.24) is 19.3 Å². The lowest BCUT2D eigenvalue weighted by molar-refractivity contribution is 0.0298. The SMILES string of the molecule is Nc1cc(-c2ccc3ncc(C(=O)N4CCOCC4)n3c2)cnc1Cl. The highest BCUT2D eigenvalue weighted by Gasteiger charge is 2.21. The summed E-state index contributed by atoms with van der Waals surface area (Å²) in [5.41, 5.74) is 9.17. The van der Waals surface area contributed by atoms with Gasteiger partial charge in [-0.1, -0.05) is 11.6 Å². The first-order valence-corrected chi connectivity index (χ1v) is 8.27. The molecule has 4 rings (SSSR count). The molecule has 128 valence electrons. The van der Waals surface area contributed by atoms with Gasteiger partial charge in [0.1, 0.15) is 11.3 Å². The molecule has 1 fully saturated rings. The number of fused-ring (bicyclic) bond motifs is 1. The van der Waals surface area contributed by atoms with Crippen LogP contribution in [0.4, 0.5) is 5.69 Å². The van der Waals surface area contributed by atoms with Crippen molar-refractivity contribution in [2.24, 2.45) is 0 Å². The third-order valence-corrected chi connectivity index (χ3v) is 4.54. The molecular weight excluding hydrogens is 342 g/mol. The number of carbonyl (C=O) groups excluding carboxylic acids is 1. The third-order valence-electron chi connectivity index (χ3n) is 4.22.